The summed E-state index contributed by atoms with van der Waals surface area (Å²) in [6.45, 7) is 15.2. The van der Waals surface area contributed by atoms with Crippen molar-refractivity contribution >= 4 is 120 Å². The van der Waals surface area contributed by atoms with E-state index in [1.54, 1.807) is 40.7 Å². The van der Waals surface area contributed by atoms with E-state index in [-0.39, 0.29) is 84.6 Å². The second-order valence-corrected chi connectivity index (χ2v) is 35.6. The highest BCUT2D eigenvalue weighted by atomic mass is 127. The topological polar surface area (TPSA) is 529 Å². The van der Waals surface area contributed by atoms with Gasteiger partial charge in [-0.1, -0.05) is 75.2 Å². The minimum Gasteiger partial charge on any atom is -0.492 e. The van der Waals surface area contributed by atoms with Gasteiger partial charge in [0.25, 0.3) is 0 Å². The summed E-state index contributed by atoms with van der Waals surface area (Å²) in [5.41, 5.74) is 12.9. The van der Waals surface area contributed by atoms with Crippen molar-refractivity contribution in [1.82, 2.24) is 31.6 Å². The van der Waals surface area contributed by atoms with Crippen LogP contribution in [-0.2, 0) is 92.4 Å². The molecule has 1 saturated carbocycles. The quantitative estimate of drug-likeness (QED) is 0.0115. The summed E-state index contributed by atoms with van der Waals surface area (Å²) in [7, 11) is 9.26. The van der Waals surface area contributed by atoms with E-state index < -0.39 is 222 Å². The minimum atomic E-state index is -2.18. The maximum Gasteiger partial charge on any atom is 0.407 e. The van der Waals surface area contributed by atoms with Crippen molar-refractivity contribution in [2.24, 2.45) is 17.4 Å². The summed E-state index contributed by atoms with van der Waals surface area (Å²) in [6.07, 6.45) is -18.1. The van der Waals surface area contributed by atoms with Gasteiger partial charge in [0.1, 0.15) is 73.7 Å². The van der Waals surface area contributed by atoms with E-state index in [0.717, 1.165) is 18.9 Å². The number of amides is 7. The Bertz CT molecular complexity index is 4250. The molecule has 2 aliphatic carbocycles. The van der Waals surface area contributed by atoms with Crippen LogP contribution in [0.2, 0.25) is 0 Å². The van der Waals surface area contributed by atoms with E-state index in [1.165, 1.54) is 112 Å². The molecule has 674 valence electrons. The predicted molar refractivity (Wildman–Crippen MR) is 450 cm³/mol. The van der Waals surface area contributed by atoms with Crippen LogP contribution in [0, 0.1) is 40.1 Å². The molecule has 0 aromatic heterocycles. The molecule has 15 N–H and O–H groups in total. The van der Waals surface area contributed by atoms with Crippen LogP contribution < -0.4 is 57.7 Å². The molecule has 2 aromatic rings. The second kappa shape index (κ2) is 45.6. The number of nitrogens with zero attached hydrogens (tertiary/aromatic N) is 1. The van der Waals surface area contributed by atoms with Crippen molar-refractivity contribution in [1.29, 1.82) is 0 Å². The molecule has 6 aliphatic rings. The summed E-state index contributed by atoms with van der Waals surface area (Å²) in [6, 6.07) is -1.08. The summed E-state index contributed by atoms with van der Waals surface area (Å²) in [5.74, 6) is 5.97. The van der Waals surface area contributed by atoms with Gasteiger partial charge in [0, 0.05) is 62.1 Å². The lowest BCUT2D eigenvalue weighted by Crippen LogP contribution is -2.66. The lowest BCUT2D eigenvalue weighted by molar-refractivity contribution is -0.340. The number of aliphatic hydroxyl groups is 5. The zero-order valence-electron chi connectivity index (χ0n) is 70.1. The standard InChI is InChI=1S/C80H110IN9O29S3/c1-16-90(54(95)34-84-77(103)112-35-44-22-24-45(25-23-44)86-73(101)47(29-53(83)94)87-72(100)40(5)85-71(99)39(4)82)48-36-111-55(31-52(48)106-11)117-68-63(97)60(41(6)114-76(68)116-51-21-19-17-18-20-27-80(105)33-50(93)61(88-78(104)110-15)58(51)46(80)26-28-120-122-79(9,10)32-37(2)91)89-119-56-30-49(92)70(43(8)113-56)121-74(102)57-38(3)59(81)66(69(109-14)65(57)107-12)118-75-64(98)67(108-13)62(96)42(7)115-75/h17-18,22-26,39-43,47-49,51-52,55-56,58,60-64,67-68,70,75-76,89,92,96-98,105H,16,28-36,82H2,1-15H3,(H2,83,94)(H,84,103)(H,85,99)(H,86,101)(H,87,100)(H,88,104)/b18-17-,46-26+/t39-,40-,41?,42?,43?,47-,48?,49?,51-,52?,55?,56?,58?,60?,61?,62?,63?,64?,67?,68?,70?,75?,76?,80-/m0/s1. The summed E-state index contributed by atoms with van der Waals surface area (Å²) in [4.78, 5) is 140. The third-order valence-corrected chi connectivity index (χ3v) is 26.6. The molecule has 7 amide bonds. The molecule has 122 heavy (non-hydrogen) atoms. The van der Waals surface area contributed by atoms with Gasteiger partial charge in [0.2, 0.25) is 46.7 Å². The molecule has 4 heterocycles. The molecule has 38 nitrogen and oxygen atoms in total. The number of fused-ring (bicyclic) bond motifs is 2. The number of rotatable bonds is 36. The molecule has 42 heteroatoms. The number of thioether (sulfide) groups is 1. The zero-order chi connectivity index (χ0) is 89.9. The Labute approximate surface area is 732 Å². The number of allylic oxidation sites excluding steroid dienone is 2. The van der Waals surface area contributed by atoms with Crippen LogP contribution in [-0.4, -0.2) is 294 Å². The van der Waals surface area contributed by atoms with Gasteiger partial charge in [-0.2, -0.15) is 5.48 Å². The Morgan fingerprint density at radius 3 is 2.14 bits per heavy atom. The Hall–Kier alpha value is -7.52. The number of aliphatic hydroxyl groups excluding tert-OH is 4. The van der Waals surface area contributed by atoms with Gasteiger partial charge in [-0.05, 0) is 133 Å². The molecule has 0 spiro atoms. The predicted octanol–water partition coefficient (Wildman–Crippen LogP) is 1.72. The van der Waals surface area contributed by atoms with Gasteiger partial charge in [-0.25, -0.2) is 9.59 Å². The fourth-order valence-corrected chi connectivity index (χ4v) is 18.8. The number of anilines is 1. The van der Waals surface area contributed by atoms with Crippen LogP contribution in [0.15, 0.2) is 48.1 Å². The van der Waals surface area contributed by atoms with Crippen molar-refractivity contribution in [2.45, 2.75) is 252 Å². The molecular formula is C80H110IN9O29S3. The maximum atomic E-state index is 14.7. The third kappa shape index (κ3) is 25.9. The lowest BCUT2D eigenvalue weighted by atomic mass is 9.68. The summed E-state index contributed by atoms with van der Waals surface area (Å²) < 4.78 is 78.5. The number of methoxy groups -OCH3 is 5. The average molecular weight is 1880 g/mol. The van der Waals surface area contributed by atoms with E-state index in [9.17, 15) is 73.5 Å². The Morgan fingerprint density at radius 1 is 0.820 bits per heavy atom. The van der Waals surface area contributed by atoms with Crippen molar-refractivity contribution in [3.8, 4) is 40.9 Å². The number of hydroxylamine groups is 1. The minimum absolute atomic E-state index is 0.0159. The smallest absolute Gasteiger partial charge is 0.407 e. The second-order valence-electron chi connectivity index (χ2n) is 30.4. The number of alkyl carbamates (subject to hydrolysis) is 2. The first-order valence-electron chi connectivity index (χ1n) is 39.2. The average Bonchev–Trinajstić information content (AvgIpc) is 0.755. The molecule has 5 fully saturated rings. The molecular weight excluding hydrogens is 1770 g/mol. The van der Waals surface area contributed by atoms with Crippen LogP contribution in [0.5, 0.6) is 17.2 Å². The highest BCUT2D eigenvalue weighted by Gasteiger charge is 2.56. The van der Waals surface area contributed by atoms with Gasteiger partial charge in [0.15, 0.2) is 41.8 Å². The van der Waals surface area contributed by atoms with Crippen molar-refractivity contribution in [3.63, 3.8) is 0 Å². The number of nitrogens with one attached hydrogen (secondary N) is 6. The number of carbonyl (C=O) groups is 10. The van der Waals surface area contributed by atoms with Gasteiger partial charge in [-0.15, -0.1) is 0 Å². The first-order chi connectivity index (χ1) is 57.7. The summed E-state index contributed by atoms with van der Waals surface area (Å²) in [5, 5.41) is 70.3. The van der Waals surface area contributed by atoms with Crippen LogP contribution in [0.1, 0.15) is 116 Å². The molecule has 0 radical (unpaired) electrons. The van der Waals surface area contributed by atoms with Crippen LogP contribution in [0.4, 0.5) is 15.3 Å². The number of carbonyl (C=O) groups excluding carboxylic acids is 10. The third-order valence-electron chi connectivity index (χ3n) is 20.8. The highest BCUT2D eigenvalue weighted by Crippen LogP contribution is 2.50. The summed E-state index contributed by atoms with van der Waals surface area (Å²) >= 11 is 2.74. The number of likely N-dealkylation sites (N-methyl/N-ethyl adjacent to an activating group) is 1. The van der Waals surface area contributed by atoms with E-state index in [1.807, 2.05) is 36.4 Å². The molecule has 4 aliphatic heterocycles. The number of hydrogen-bond acceptors (Lipinski definition) is 34. The number of benzene rings is 2. The Morgan fingerprint density at radius 2 is 1.51 bits per heavy atom. The van der Waals surface area contributed by atoms with E-state index in [2.05, 4.69) is 55.7 Å². The zero-order valence-corrected chi connectivity index (χ0v) is 74.7. The van der Waals surface area contributed by atoms with Crippen LogP contribution in [0.3, 0.4) is 0 Å². The van der Waals surface area contributed by atoms with Crippen LogP contribution >= 0.6 is 55.9 Å². The van der Waals surface area contributed by atoms with Gasteiger partial charge in [-0.3, -0.25) is 43.2 Å². The fraction of sp³-hybridized carbons (Fsp3) is 0.625. The molecule has 2 aromatic carbocycles. The SMILES string of the molecule is CCN(C(=O)CNC(=O)OCc1ccc(NC(=O)[C@H](CC(N)=O)NC(=O)[C@H](C)NC(=O)[C@H](C)N)cc1)C1COC(OC2C(O[C@H]3C#C/C=C\C#C[C@]4(O)CC(=O)C(NC(=O)OC)C3/C4=C\CSSC(C)(C)CC(C)=O)OC(C)C(NOC3CC(O)C(SC(=O)c4c(C)c(I)c(OC5OC(C)C(O)C(OC)C5O)c(OC)c4OC)C(C)O3)C2O)CC1OC. The van der Waals surface area contributed by atoms with E-state index >= 15 is 0 Å². The van der Waals surface area contributed by atoms with E-state index in [4.69, 9.17) is 77.9 Å². The lowest BCUT2D eigenvalue weighted by Gasteiger charge is -2.48. The number of hydrogen-bond donors (Lipinski definition) is 13. The molecule has 19 unspecified atom stereocenters. The number of ketones is 2. The molecule has 4 saturated heterocycles. The first-order valence-corrected chi connectivity index (χ1v) is 43.4. The highest BCUT2D eigenvalue weighted by molar-refractivity contribution is 14.1. The maximum absolute atomic E-state index is 14.7. The molecule has 8 rings (SSSR count). The monoisotopic (exact) mass is 1880 g/mol. The van der Waals surface area contributed by atoms with Gasteiger partial charge in [0.05, 0.1) is 104 Å². The first kappa shape index (κ1) is 99.9. The molecule has 24 atom stereocenters. The van der Waals surface area contributed by atoms with Crippen LogP contribution in [0.25, 0.3) is 0 Å². The van der Waals surface area contributed by atoms with Gasteiger partial charge < -0.3 is 130 Å². The Balaban J connectivity index is 0.994. The van der Waals surface area contributed by atoms with E-state index in [0.29, 0.717) is 14.7 Å². The van der Waals surface area contributed by atoms with Crippen molar-refractivity contribution in [3.05, 3.63) is 68.3 Å². The number of nitrogens with two attached hydrogens (primary N) is 2. The fourth-order valence-electron chi connectivity index (χ4n) is 14.6. The van der Waals surface area contributed by atoms with Gasteiger partial charge >= 0.3 is 12.2 Å². The van der Waals surface area contributed by atoms with Crippen molar-refractivity contribution in [2.75, 3.05) is 66.3 Å². The molecule has 2 bridgehead atoms. The Kier molecular flexibility index (Phi) is 37.3. The number of Topliss-reactive ketones (excluding diaryl/α,β-unsaturated/α-hetero) is 2. The number of primary amides is 1. The number of halogens is 1. The van der Waals surface area contributed by atoms with Crippen molar-refractivity contribution < 1.29 is 140 Å². The number of ether oxygens (including phenoxy) is 13. The largest absolute Gasteiger partial charge is 0.492 e. The normalized spacial score (nSPS) is 30.1.